The zero-order chi connectivity index (χ0) is 50.0. The van der Waals surface area contributed by atoms with Crippen molar-refractivity contribution in [2.45, 2.75) is 379 Å². The molecule has 0 aliphatic rings. The maximum absolute atomic E-state index is 12.4. The molecule has 2 atom stereocenters. The smallest absolute Gasteiger partial charge is 0.305 e. The molecule has 69 heavy (non-hydrogen) atoms. The number of amides is 1. The fourth-order valence-corrected chi connectivity index (χ4v) is 10.3. The molecule has 0 aromatic heterocycles. The van der Waals surface area contributed by atoms with Crippen molar-refractivity contribution in [3.8, 4) is 0 Å². The second-order valence-electron chi connectivity index (χ2n) is 22.1. The van der Waals surface area contributed by atoms with Crippen LogP contribution < -0.4 is 5.32 Å². The molecule has 0 rings (SSSR count). The molecule has 6 heteroatoms. The predicted octanol–water partition coefficient (Wildman–Crippen LogP) is 19.9. The Morgan fingerprint density at radius 3 is 0.884 bits per heavy atom. The molecular formula is C63H125NO5. The van der Waals surface area contributed by atoms with E-state index in [0.717, 1.165) is 38.5 Å². The van der Waals surface area contributed by atoms with E-state index < -0.39 is 12.1 Å². The van der Waals surface area contributed by atoms with Gasteiger partial charge in [-0.25, -0.2) is 0 Å². The van der Waals surface area contributed by atoms with Crippen molar-refractivity contribution < 1.29 is 24.5 Å². The predicted molar refractivity (Wildman–Crippen MR) is 301 cm³/mol. The monoisotopic (exact) mass is 976 g/mol. The fourth-order valence-electron chi connectivity index (χ4n) is 10.3. The lowest BCUT2D eigenvalue weighted by Crippen LogP contribution is -2.45. The first-order valence-corrected chi connectivity index (χ1v) is 31.8. The van der Waals surface area contributed by atoms with Crippen LogP contribution in [0.5, 0.6) is 0 Å². The second-order valence-corrected chi connectivity index (χ2v) is 22.1. The SMILES string of the molecule is CCCCCCCCCCCCCCC(=O)OCCCCCCCCCCCCCCCCCCCCCCCCCCCCCCCC(=O)NC(CO)C(O)CCCCCCCCCCCCC. The maximum Gasteiger partial charge on any atom is 0.305 e. The highest BCUT2D eigenvalue weighted by molar-refractivity contribution is 5.76. The molecule has 0 saturated carbocycles. The third-order valence-corrected chi connectivity index (χ3v) is 15.2. The summed E-state index contributed by atoms with van der Waals surface area (Å²) in [6, 6.07) is -0.536. The minimum absolute atomic E-state index is 0.0209. The number of nitrogens with one attached hydrogen (secondary N) is 1. The van der Waals surface area contributed by atoms with Crippen LogP contribution in [-0.4, -0.2) is 47.4 Å². The summed E-state index contributed by atoms with van der Waals surface area (Å²) in [5, 5.41) is 23.2. The van der Waals surface area contributed by atoms with E-state index in [9.17, 15) is 19.8 Å². The van der Waals surface area contributed by atoms with E-state index in [2.05, 4.69) is 19.2 Å². The van der Waals surface area contributed by atoms with Gasteiger partial charge in [-0.05, 0) is 25.7 Å². The largest absolute Gasteiger partial charge is 0.466 e. The normalized spacial score (nSPS) is 12.5. The van der Waals surface area contributed by atoms with Gasteiger partial charge < -0.3 is 20.3 Å². The van der Waals surface area contributed by atoms with Crippen LogP contribution in [0.1, 0.15) is 367 Å². The zero-order valence-corrected chi connectivity index (χ0v) is 47.1. The molecule has 6 nitrogen and oxygen atoms in total. The Kier molecular flexibility index (Phi) is 58.4. The van der Waals surface area contributed by atoms with E-state index in [1.165, 1.54) is 295 Å². The Morgan fingerprint density at radius 2 is 0.594 bits per heavy atom. The summed E-state index contributed by atoms with van der Waals surface area (Å²) < 4.78 is 5.48. The molecule has 1 amide bonds. The van der Waals surface area contributed by atoms with Crippen molar-refractivity contribution in [2.24, 2.45) is 0 Å². The van der Waals surface area contributed by atoms with Crippen LogP contribution in [0.3, 0.4) is 0 Å². The Hall–Kier alpha value is -1.14. The first kappa shape index (κ1) is 67.9. The number of hydrogen-bond acceptors (Lipinski definition) is 5. The molecule has 0 heterocycles. The molecule has 0 radical (unpaired) electrons. The van der Waals surface area contributed by atoms with Crippen LogP contribution in [0, 0.1) is 0 Å². The third kappa shape index (κ3) is 56.0. The lowest BCUT2D eigenvalue weighted by atomic mass is 10.0. The molecule has 0 fully saturated rings. The summed E-state index contributed by atoms with van der Waals surface area (Å²) in [4.78, 5) is 24.5. The zero-order valence-electron chi connectivity index (χ0n) is 47.1. The number of aliphatic hydroxyl groups excluding tert-OH is 2. The molecule has 0 aromatic carbocycles. The van der Waals surface area contributed by atoms with E-state index in [1.807, 2.05) is 0 Å². The number of rotatable bonds is 60. The number of hydrogen-bond donors (Lipinski definition) is 3. The van der Waals surface area contributed by atoms with Gasteiger partial charge in [0.15, 0.2) is 0 Å². The topological polar surface area (TPSA) is 95.9 Å². The maximum atomic E-state index is 12.4. The number of unbranched alkanes of at least 4 members (excludes halogenated alkanes) is 49. The van der Waals surface area contributed by atoms with Gasteiger partial charge in [-0.3, -0.25) is 9.59 Å². The average Bonchev–Trinajstić information content (AvgIpc) is 3.35. The molecule has 0 bridgehead atoms. The Bertz CT molecular complexity index is 990. The molecule has 2 unspecified atom stereocenters. The molecule has 3 N–H and O–H groups in total. The van der Waals surface area contributed by atoms with Gasteiger partial charge in [0.2, 0.25) is 5.91 Å². The Labute approximate surface area is 432 Å². The van der Waals surface area contributed by atoms with Crippen molar-refractivity contribution in [3.63, 3.8) is 0 Å². The van der Waals surface area contributed by atoms with Crippen LogP contribution in [0.15, 0.2) is 0 Å². The van der Waals surface area contributed by atoms with Crippen molar-refractivity contribution in [2.75, 3.05) is 13.2 Å². The van der Waals surface area contributed by atoms with Gasteiger partial charge in [-0.1, -0.05) is 328 Å². The van der Waals surface area contributed by atoms with E-state index in [-0.39, 0.29) is 18.5 Å². The number of carbonyl (C=O) groups excluding carboxylic acids is 2. The Morgan fingerprint density at radius 1 is 0.348 bits per heavy atom. The number of ether oxygens (including phenoxy) is 1. The molecule has 0 saturated heterocycles. The van der Waals surface area contributed by atoms with E-state index >= 15 is 0 Å². The Balaban J connectivity index is 3.30. The van der Waals surface area contributed by atoms with Crippen molar-refractivity contribution >= 4 is 11.9 Å². The van der Waals surface area contributed by atoms with Gasteiger partial charge >= 0.3 is 5.97 Å². The molecular weight excluding hydrogens is 851 g/mol. The molecule has 0 aromatic rings. The summed E-state index contributed by atoms with van der Waals surface area (Å²) in [5.74, 6) is -0.00935. The fraction of sp³-hybridized carbons (Fsp3) is 0.968. The van der Waals surface area contributed by atoms with Gasteiger partial charge in [-0.2, -0.15) is 0 Å². The van der Waals surface area contributed by atoms with Gasteiger partial charge in [0.05, 0.1) is 25.4 Å². The highest BCUT2D eigenvalue weighted by atomic mass is 16.5. The van der Waals surface area contributed by atoms with Gasteiger partial charge in [-0.15, -0.1) is 0 Å². The molecule has 0 aliphatic carbocycles. The van der Waals surface area contributed by atoms with Crippen molar-refractivity contribution in [1.82, 2.24) is 5.32 Å². The molecule has 0 spiro atoms. The van der Waals surface area contributed by atoms with Crippen LogP contribution in [0.2, 0.25) is 0 Å². The highest BCUT2D eigenvalue weighted by Crippen LogP contribution is 2.19. The van der Waals surface area contributed by atoms with Gasteiger partial charge in [0.1, 0.15) is 0 Å². The average molecular weight is 977 g/mol. The second kappa shape index (κ2) is 59.4. The summed E-state index contributed by atoms with van der Waals surface area (Å²) in [6.07, 6.45) is 69.9. The first-order valence-electron chi connectivity index (χ1n) is 31.8. The lowest BCUT2D eigenvalue weighted by molar-refractivity contribution is -0.143. The summed E-state index contributed by atoms with van der Waals surface area (Å²) in [5.41, 5.74) is 0. The van der Waals surface area contributed by atoms with Gasteiger partial charge in [0, 0.05) is 12.8 Å². The number of carbonyl (C=O) groups is 2. The summed E-state index contributed by atoms with van der Waals surface area (Å²) in [6.45, 7) is 4.97. The first-order chi connectivity index (χ1) is 34.0. The van der Waals surface area contributed by atoms with Crippen LogP contribution in [0.4, 0.5) is 0 Å². The lowest BCUT2D eigenvalue weighted by Gasteiger charge is -2.22. The van der Waals surface area contributed by atoms with E-state index in [4.69, 9.17) is 4.74 Å². The summed E-state index contributed by atoms with van der Waals surface area (Å²) in [7, 11) is 0. The quantitative estimate of drug-likeness (QED) is 0.0417. The summed E-state index contributed by atoms with van der Waals surface area (Å²) >= 11 is 0. The minimum atomic E-state index is -0.659. The third-order valence-electron chi connectivity index (χ3n) is 15.2. The molecule has 412 valence electrons. The molecule has 0 aliphatic heterocycles. The minimum Gasteiger partial charge on any atom is -0.466 e. The van der Waals surface area contributed by atoms with E-state index in [1.54, 1.807) is 0 Å². The van der Waals surface area contributed by atoms with Gasteiger partial charge in [0.25, 0.3) is 0 Å². The number of esters is 1. The number of aliphatic hydroxyl groups is 2. The van der Waals surface area contributed by atoms with Crippen molar-refractivity contribution in [1.29, 1.82) is 0 Å². The van der Waals surface area contributed by atoms with Crippen LogP contribution in [-0.2, 0) is 14.3 Å². The van der Waals surface area contributed by atoms with Crippen LogP contribution in [0.25, 0.3) is 0 Å². The van der Waals surface area contributed by atoms with E-state index in [0.29, 0.717) is 25.9 Å². The van der Waals surface area contributed by atoms with Crippen LogP contribution >= 0.6 is 0 Å². The highest BCUT2D eigenvalue weighted by Gasteiger charge is 2.20. The standard InChI is InChI=1S/C63H125NO5/c1-3-5-7-9-11-13-15-37-41-45-49-53-57-63(68)69-58-54-50-46-42-38-34-32-30-28-26-24-22-20-18-16-17-19-21-23-25-27-29-31-33-36-40-44-48-52-56-62(67)64-60(59-65)61(66)55-51-47-43-39-35-14-12-10-8-6-4-2/h60-61,65-66H,3-59H2,1-2H3,(H,64,67). The van der Waals surface area contributed by atoms with Crippen molar-refractivity contribution in [3.05, 3.63) is 0 Å².